The summed E-state index contributed by atoms with van der Waals surface area (Å²) in [5.74, 6) is -4.34. The molecule has 2 aromatic rings. The van der Waals surface area contributed by atoms with Crippen molar-refractivity contribution in [3.05, 3.63) is 36.0 Å². The number of aromatic amines is 1. The Labute approximate surface area is 233 Å². The lowest BCUT2D eigenvalue weighted by Gasteiger charge is -2.27. The summed E-state index contributed by atoms with van der Waals surface area (Å²) >= 11 is 0. The highest BCUT2D eigenvalue weighted by molar-refractivity contribution is 5.94. The topological polar surface area (TPSA) is 236 Å². The lowest BCUT2D eigenvalue weighted by Crippen LogP contribution is -2.58. The van der Waals surface area contributed by atoms with E-state index in [4.69, 9.17) is 17.2 Å². The largest absolute Gasteiger partial charge is 0.480 e. The third-order valence-electron chi connectivity index (χ3n) is 6.58. The molecule has 11 N–H and O–H groups in total. The van der Waals surface area contributed by atoms with Crippen molar-refractivity contribution in [3.63, 3.8) is 0 Å². The van der Waals surface area contributed by atoms with Crippen molar-refractivity contribution < 1.29 is 29.1 Å². The van der Waals surface area contributed by atoms with Gasteiger partial charge in [0.15, 0.2) is 0 Å². The van der Waals surface area contributed by atoms with Gasteiger partial charge in [0.05, 0.1) is 6.04 Å². The van der Waals surface area contributed by atoms with Crippen LogP contribution in [-0.4, -0.2) is 70.4 Å². The maximum atomic E-state index is 13.2. The summed E-state index contributed by atoms with van der Waals surface area (Å²) in [7, 11) is 0. The molecule has 220 valence electrons. The number of nitrogens with one attached hydrogen (secondary N) is 4. The van der Waals surface area contributed by atoms with Crippen molar-refractivity contribution in [2.24, 2.45) is 23.1 Å². The van der Waals surface area contributed by atoms with Gasteiger partial charge in [0.1, 0.15) is 18.1 Å². The molecular formula is C27H41N7O6. The molecule has 4 unspecified atom stereocenters. The number of primary amides is 1. The number of benzene rings is 1. The van der Waals surface area contributed by atoms with Crippen molar-refractivity contribution in [1.82, 2.24) is 20.9 Å². The van der Waals surface area contributed by atoms with Crippen LogP contribution in [0, 0.1) is 5.92 Å². The van der Waals surface area contributed by atoms with E-state index in [0.29, 0.717) is 31.4 Å². The predicted molar refractivity (Wildman–Crippen MR) is 150 cm³/mol. The number of H-pyrrole nitrogens is 1. The van der Waals surface area contributed by atoms with E-state index in [1.807, 2.05) is 24.3 Å². The molecule has 13 nitrogen and oxygen atoms in total. The average Bonchev–Trinajstić information content (AvgIpc) is 3.31. The Hall–Kier alpha value is -3.97. The fourth-order valence-corrected chi connectivity index (χ4v) is 4.24. The Morgan fingerprint density at radius 1 is 0.925 bits per heavy atom. The molecule has 0 spiro atoms. The number of para-hydroxylation sites is 1. The van der Waals surface area contributed by atoms with Crippen LogP contribution in [0.15, 0.2) is 30.5 Å². The number of amides is 4. The van der Waals surface area contributed by atoms with Gasteiger partial charge in [-0.25, -0.2) is 4.79 Å². The monoisotopic (exact) mass is 559 g/mol. The number of carbonyl (C=O) groups is 5. The van der Waals surface area contributed by atoms with Crippen LogP contribution in [0.25, 0.3) is 10.9 Å². The fraction of sp³-hybridized carbons (Fsp3) is 0.519. The van der Waals surface area contributed by atoms with Gasteiger partial charge in [-0.05, 0) is 43.4 Å². The zero-order valence-corrected chi connectivity index (χ0v) is 22.9. The van der Waals surface area contributed by atoms with Crippen molar-refractivity contribution in [1.29, 1.82) is 0 Å². The average molecular weight is 560 g/mol. The van der Waals surface area contributed by atoms with Crippen LogP contribution < -0.4 is 33.2 Å². The van der Waals surface area contributed by atoms with Crippen LogP contribution in [0.1, 0.15) is 51.5 Å². The second-order valence-corrected chi connectivity index (χ2v) is 10.2. The first-order valence-electron chi connectivity index (χ1n) is 13.4. The van der Waals surface area contributed by atoms with Crippen LogP contribution in [0.2, 0.25) is 0 Å². The van der Waals surface area contributed by atoms with E-state index >= 15 is 0 Å². The minimum absolute atomic E-state index is 0.0171. The number of hydrogen-bond acceptors (Lipinski definition) is 7. The van der Waals surface area contributed by atoms with Gasteiger partial charge in [0.25, 0.3) is 0 Å². The molecule has 4 atom stereocenters. The molecule has 0 radical (unpaired) electrons. The van der Waals surface area contributed by atoms with Crippen molar-refractivity contribution in [3.8, 4) is 0 Å². The molecule has 1 aromatic heterocycles. The number of fused-ring (bicyclic) bond motifs is 1. The Balaban J connectivity index is 2.13. The number of nitrogens with two attached hydrogens (primary N) is 3. The van der Waals surface area contributed by atoms with Gasteiger partial charge < -0.3 is 43.2 Å². The van der Waals surface area contributed by atoms with E-state index in [1.54, 1.807) is 20.0 Å². The number of hydrogen-bond donors (Lipinski definition) is 8. The number of carboxylic acids is 1. The van der Waals surface area contributed by atoms with Crippen LogP contribution in [0.3, 0.4) is 0 Å². The number of unbranched alkanes of at least 4 members (excludes halogenated alkanes) is 1. The van der Waals surface area contributed by atoms with Gasteiger partial charge in [-0.1, -0.05) is 38.5 Å². The molecule has 1 aromatic carbocycles. The van der Waals surface area contributed by atoms with Crippen LogP contribution in [0.5, 0.6) is 0 Å². The maximum Gasteiger partial charge on any atom is 0.326 e. The van der Waals surface area contributed by atoms with Gasteiger partial charge in [0, 0.05) is 29.9 Å². The van der Waals surface area contributed by atoms with Crippen LogP contribution in [0.4, 0.5) is 0 Å². The quantitative estimate of drug-likeness (QED) is 0.119. The highest BCUT2D eigenvalue weighted by atomic mass is 16.4. The number of aliphatic carboxylic acids is 1. The number of aromatic nitrogens is 1. The molecule has 2 rings (SSSR count). The maximum absolute atomic E-state index is 13.2. The van der Waals surface area contributed by atoms with Crippen LogP contribution in [-0.2, 0) is 30.4 Å². The first kappa shape index (κ1) is 32.2. The molecule has 0 saturated heterocycles. The highest BCUT2D eigenvalue weighted by Crippen LogP contribution is 2.19. The molecule has 0 bridgehead atoms. The first-order valence-corrected chi connectivity index (χ1v) is 13.4. The Kier molecular flexibility index (Phi) is 12.6. The molecule has 0 fully saturated rings. The number of rotatable bonds is 17. The van der Waals surface area contributed by atoms with E-state index in [1.165, 1.54) is 0 Å². The van der Waals surface area contributed by atoms with Crippen molar-refractivity contribution in [2.75, 3.05) is 6.54 Å². The van der Waals surface area contributed by atoms with Gasteiger partial charge in [-0.3, -0.25) is 19.2 Å². The molecule has 13 heteroatoms. The summed E-state index contributed by atoms with van der Waals surface area (Å²) in [6.45, 7) is 3.83. The van der Waals surface area contributed by atoms with E-state index in [0.717, 1.165) is 10.9 Å². The van der Waals surface area contributed by atoms with E-state index in [2.05, 4.69) is 20.9 Å². The Bertz CT molecular complexity index is 1180. The summed E-state index contributed by atoms with van der Waals surface area (Å²) in [5, 5.41) is 18.3. The number of carboxylic acid groups (broad SMARTS) is 1. The minimum Gasteiger partial charge on any atom is -0.480 e. The summed E-state index contributed by atoms with van der Waals surface area (Å²) in [4.78, 5) is 65.5. The lowest BCUT2D eigenvalue weighted by molar-refractivity contribution is -0.142. The van der Waals surface area contributed by atoms with Gasteiger partial charge in [0.2, 0.25) is 23.6 Å². The zero-order valence-electron chi connectivity index (χ0n) is 22.9. The lowest BCUT2D eigenvalue weighted by atomic mass is 10.00. The first-order chi connectivity index (χ1) is 18.9. The molecular weight excluding hydrogens is 518 g/mol. The second-order valence-electron chi connectivity index (χ2n) is 10.2. The van der Waals surface area contributed by atoms with E-state index < -0.39 is 59.7 Å². The third-order valence-corrected chi connectivity index (χ3v) is 6.58. The van der Waals surface area contributed by atoms with Crippen LogP contribution >= 0.6 is 0 Å². The smallest absolute Gasteiger partial charge is 0.326 e. The minimum atomic E-state index is -1.26. The standard InChI is InChI=1S/C27H41N7O6/c1-15(2)23(26(38)33-21(27(39)40)13-16-14-31-19-9-4-3-7-17(16)19)34-25(37)20(10-11-22(30)35)32-24(36)18(29)8-5-6-12-28/h3-4,7,9,14-15,18,20-21,23,31H,5-6,8,10-13,28-29H2,1-2H3,(H2,30,35)(H,32,36)(H,33,38)(H,34,37)(H,39,40). The zero-order chi connectivity index (χ0) is 29.8. The van der Waals surface area contributed by atoms with Crippen molar-refractivity contribution in [2.45, 2.75) is 76.5 Å². The van der Waals surface area contributed by atoms with Gasteiger partial charge in [-0.2, -0.15) is 0 Å². The summed E-state index contributed by atoms with van der Waals surface area (Å²) in [5.41, 5.74) is 18.2. The van der Waals surface area contributed by atoms with Gasteiger partial charge >= 0.3 is 5.97 Å². The van der Waals surface area contributed by atoms with Gasteiger partial charge in [-0.15, -0.1) is 0 Å². The molecule has 1 heterocycles. The summed E-state index contributed by atoms with van der Waals surface area (Å²) in [6, 6.07) is 2.94. The summed E-state index contributed by atoms with van der Waals surface area (Å²) < 4.78 is 0. The molecule has 0 aliphatic carbocycles. The molecule has 0 saturated carbocycles. The molecule has 0 aliphatic heterocycles. The SMILES string of the molecule is CC(C)C(NC(=O)C(CCC(N)=O)NC(=O)C(N)CCCCN)C(=O)NC(Cc1c[nH]c2ccccc12)C(=O)O. The molecule has 40 heavy (non-hydrogen) atoms. The fourth-order valence-electron chi connectivity index (χ4n) is 4.24. The molecule has 0 aliphatic rings. The summed E-state index contributed by atoms with van der Waals surface area (Å²) in [6.07, 6.45) is 3.09. The van der Waals surface area contributed by atoms with Crippen molar-refractivity contribution >= 4 is 40.5 Å². The predicted octanol–water partition coefficient (Wildman–Crippen LogP) is -0.373. The van der Waals surface area contributed by atoms with E-state index in [-0.39, 0.29) is 19.3 Å². The Morgan fingerprint density at radius 3 is 2.23 bits per heavy atom. The second kappa shape index (κ2) is 15.6. The number of carbonyl (C=O) groups excluding carboxylic acids is 4. The Morgan fingerprint density at radius 2 is 1.60 bits per heavy atom. The highest BCUT2D eigenvalue weighted by Gasteiger charge is 2.32. The molecule has 4 amide bonds. The third kappa shape index (κ3) is 9.65. The van der Waals surface area contributed by atoms with E-state index in [9.17, 15) is 29.1 Å². The normalized spacial score (nSPS) is 14.2.